The highest BCUT2D eigenvalue weighted by atomic mass is 32.2. The SMILES string of the molecule is Cc1cccc(S(=O)(=O)N2CCN(C3=Nc4ccc(C)cc4Oc4ccc(C)cc43)CC2C)c1. The van der Waals surface area contributed by atoms with E-state index in [0.717, 1.165) is 45.3 Å². The molecule has 2 heterocycles. The molecule has 7 heteroatoms. The topological polar surface area (TPSA) is 62.2 Å². The lowest BCUT2D eigenvalue weighted by molar-refractivity contribution is 0.205. The van der Waals surface area contributed by atoms with Crippen molar-refractivity contribution in [3.8, 4) is 11.5 Å². The number of aliphatic imine (C=N–C) groups is 1. The van der Waals surface area contributed by atoms with Crippen molar-refractivity contribution in [3.05, 3.63) is 82.9 Å². The maximum absolute atomic E-state index is 13.4. The van der Waals surface area contributed by atoms with E-state index in [1.54, 1.807) is 22.5 Å². The number of hydrogen-bond acceptors (Lipinski definition) is 5. The number of hydrogen-bond donors (Lipinski definition) is 0. The molecule has 2 aliphatic heterocycles. The fraction of sp³-hybridized carbons (Fsp3) is 0.296. The van der Waals surface area contributed by atoms with Crippen molar-refractivity contribution in [2.45, 2.75) is 38.6 Å². The third-order valence-electron chi connectivity index (χ3n) is 6.40. The Balaban J connectivity index is 1.50. The summed E-state index contributed by atoms with van der Waals surface area (Å²) >= 11 is 0. The summed E-state index contributed by atoms with van der Waals surface area (Å²) in [6.45, 7) is 9.42. The molecule has 2 aliphatic rings. The van der Waals surface area contributed by atoms with Crippen LogP contribution in [0.2, 0.25) is 0 Å². The van der Waals surface area contributed by atoms with E-state index in [0.29, 0.717) is 24.5 Å². The molecule has 3 aromatic carbocycles. The fourth-order valence-corrected chi connectivity index (χ4v) is 6.36. The Labute approximate surface area is 201 Å². The van der Waals surface area contributed by atoms with Crippen LogP contribution < -0.4 is 4.74 Å². The Morgan fingerprint density at radius 1 is 0.882 bits per heavy atom. The number of ether oxygens (including phenoxy) is 1. The molecule has 0 bridgehead atoms. The van der Waals surface area contributed by atoms with Crippen LogP contribution in [-0.4, -0.2) is 49.1 Å². The van der Waals surface area contributed by atoms with Crippen LogP contribution in [0.3, 0.4) is 0 Å². The third-order valence-corrected chi connectivity index (χ3v) is 8.41. The first-order valence-corrected chi connectivity index (χ1v) is 13.0. The fourth-order valence-electron chi connectivity index (χ4n) is 4.64. The van der Waals surface area contributed by atoms with Crippen LogP contribution in [0.15, 0.2) is 70.6 Å². The molecule has 0 aliphatic carbocycles. The van der Waals surface area contributed by atoms with Crippen LogP contribution in [0.25, 0.3) is 0 Å². The molecular formula is C27H29N3O3S. The predicted octanol–water partition coefficient (Wildman–Crippen LogP) is 5.19. The monoisotopic (exact) mass is 475 g/mol. The van der Waals surface area contributed by atoms with Gasteiger partial charge in [0.2, 0.25) is 10.0 Å². The van der Waals surface area contributed by atoms with Crippen LogP contribution in [0.5, 0.6) is 11.5 Å². The van der Waals surface area contributed by atoms with Gasteiger partial charge in [0, 0.05) is 25.7 Å². The molecule has 0 spiro atoms. The summed E-state index contributed by atoms with van der Waals surface area (Å²) < 4.78 is 34.7. The Kier molecular flexibility index (Phi) is 5.70. The second kappa shape index (κ2) is 8.56. The molecule has 1 unspecified atom stereocenters. The first-order valence-electron chi connectivity index (χ1n) is 11.5. The summed E-state index contributed by atoms with van der Waals surface area (Å²) in [5.74, 6) is 2.31. The van der Waals surface area contributed by atoms with Gasteiger partial charge in [-0.1, -0.05) is 29.8 Å². The van der Waals surface area contributed by atoms with Gasteiger partial charge in [-0.2, -0.15) is 4.31 Å². The lowest BCUT2D eigenvalue weighted by atomic mass is 10.1. The molecule has 0 aromatic heterocycles. The highest BCUT2D eigenvalue weighted by Crippen LogP contribution is 2.39. The predicted molar refractivity (Wildman–Crippen MR) is 135 cm³/mol. The van der Waals surface area contributed by atoms with E-state index in [-0.39, 0.29) is 6.04 Å². The number of rotatable bonds is 2. The summed E-state index contributed by atoms with van der Waals surface area (Å²) in [4.78, 5) is 7.56. The zero-order valence-electron chi connectivity index (χ0n) is 19.9. The van der Waals surface area contributed by atoms with Crippen LogP contribution in [0, 0.1) is 20.8 Å². The number of amidine groups is 1. The Morgan fingerprint density at radius 2 is 1.62 bits per heavy atom. The average Bonchev–Trinajstić information content (AvgIpc) is 2.95. The van der Waals surface area contributed by atoms with Gasteiger partial charge in [0.25, 0.3) is 0 Å². The largest absolute Gasteiger partial charge is 0.454 e. The lowest BCUT2D eigenvalue weighted by Crippen LogP contribution is -2.55. The van der Waals surface area contributed by atoms with Gasteiger partial charge < -0.3 is 9.64 Å². The minimum Gasteiger partial charge on any atom is -0.454 e. The zero-order chi connectivity index (χ0) is 24.0. The van der Waals surface area contributed by atoms with Gasteiger partial charge in [0.15, 0.2) is 5.75 Å². The quantitative estimate of drug-likeness (QED) is 0.512. The minimum atomic E-state index is -3.57. The van der Waals surface area contributed by atoms with Crippen LogP contribution in [0.1, 0.15) is 29.2 Å². The minimum absolute atomic E-state index is 0.211. The summed E-state index contributed by atoms with van der Waals surface area (Å²) in [7, 11) is -3.57. The summed E-state index contributed by atoms with van der Waals surface area (Å²) in [5.41, 5.74) is 4.86. The number of piperazine rings is 1. The number of benzene rings is 3. The average molecular weight is 476 g/mol. The van der Waals surface area contributed by atoms with Gasteiger partial charge in [-0.3, -0.25) is 0 Å². The molecule has 34 heavy (non-hydrogen) atoms. The lowest BCUT2D eigenvalue weighted by Gasteiger charge is -2.40. The zero-order valence-corrected chi connectivity index (χ0v) is 20.8. The molecule has 0 saturated carbocycles. The highest BCUT2D eigenvalue weighted by molar-refractivity contribution is 7.89. The number of sulfonamides is 1. The highest BCUT2D eigenvalue weighted by Gasteiger charge is 2.36. The second-order valence-corrected chi connectivity index (χ2v) is 11.1. The number of aryl methyl sites for hydroxylation is 3. The van der Waals surface area contributed by atoms with E-state index >= 15 is 0 Å². The third kappa shape index (κ3) is 4.10. The molecule has 3 aromatic rings. The van der Waals surface area contributed by atoms with Crippen molar-refractivity contribution in [2.75, 3.05) is 19.6 Å². The van der Waals surface area contributed by atoms with Crippen molar-refractivity contribution < 1.29 is 13.2 Å². The van der Waals surface area contributed by atoms with E-state index in [1.165, 1.54) is 0 Å². The molecule has 6 nitrogen and oxygen atoms in total. The van der Waals surface area contributed by atoms with E-state index in [4.69, 9.17) is 9.73 Å². The van der Waals surface area contributed by atoms with Gasteiger partial charge in [-0.25, -0.2) is 13.4 Å². The maximum atomic E-state index is 13.4. The van der Waals surface area contributed by atoms with Crippen molar-refractivity contribution in [3.63, 3.8) is 0 Å². The molecule has 1 saturated heterocycles. The van der Waals surface area contributed by atoms with E-state index in [9.17, 15) is 8.42 Å². The van der Waals surface area contributed by atoms with Gasteiger partial charge >= 0.3 is 0 Å². The molecular weight excluding hydrogens is 446 g/mol. The molecule has 0 radical (unpaired) electrons. The van der Waals surface area contributed by atoms with Gasteiger partial charge in [-0.05, 0) is 75.2 Å². The first-order chi connectivity index (χ1) is 16.2. The summed E-state index contributed by atoms with van der Waals surface area (Å²) in [5, 5.41) is 0. The van der Waals surface area contributed by atoms with Crippen molar-refractivity contribution in [1.29, 1.82) is 0 Å². The number of nitrogens with zero attached hydrogens (tertiary/aromatic N) is 3. The van der Waals surface area contributed by atoms with E-state index in [1.807, 2.05) is 57.2 Å². The smallest absolute Gasteiger partial charge is 0.243 e. The summed E-state index contributed by atoms with van der Waals surface area (Å²) in [6.07, 6.45) is 0. The molecule has 1 fully saturated rings. The molecule has 1 atom stereocenters. The van der Waals surface area contributed by atoms with Gasteiger partial charge in [0.1, 0.15) is 17.3 Å². The second-order valence-electron chi connectivity index (χ2n) is 9.24. The Hall–Kier alpha value is -3.16. The molecule has 176 valence electrons. The normalized spacial score (nSPS) is 18.4. The van der Waals surface area contributed by atoms with Crippen molar-refractivity contribution in [1.82, 2.24) is 9.21 Å². The Morgan fingerprint density at radius 3 is 2.38 bits per heavy atom. The molecule has 0 amide bonds. The summed E-state index contributed by atoms with van der Waals surface area (Å²) in [6, 6.07) is 19.0. The number of fused-ring (bicyclic) bond motifs is 2. The van der Waals surface area contributed by atoms with Crippen molar-refractivity contribution in [2.24, 2.45) is 4.99 Å². The van der Waals surface area contributed by atoms with Crippen LogP contribution in [0.4, 0.5) is 5.69 Å². The molecule has 5 rings (SSSR count). The van der Waals surface area contributed by atoms with Crippen molar-refractivity contribution >= 4 is 21.5 Å². The van der Waals surface area contributed by atoms with Crippen LogP contribution >= 0.6 is 0 Å². The van der Waals surface area contributed by atoms with E-state index < -0.39 is 10.0 Å². The standard InChI is InChI=1S/C27H29N3O3S/c1-18-6-5-7-22(14-18)34(31,32)30-13-12-29(17-21(30)4)27-23-15-19(2)9-11-25(23)33-26-16-20(3)8-10-24(26)28-27/h5-11,14-16,21H,12-13,17H2,1-4H3. The Bertz CT molecular complexity index is 1400. The van der Waals surface area contributed by atoms with E-state index in [2.05, 4.69) is 17.9 Å². The maximum Gasteiger partial charge on any atom is 0.243 e. The molecule has 0 N–H and O–H groups in total. The van der Waals surface area contributed by atoms with Crippen LogP contribution in [-0.2, 0) is 10.0 Å². The van der Waals surface area contributed by atoms with Gasteiger partial charge in [0.05, 0.1) is 10.5 Å². The van der Waals surface area contributed by atoms with Gasteiger partial charge in [-0.15, -0.1) is 0 Å². The first kappa shape index (κ1) is 22.6.